The summed E-state index contributed by atoms with van der Waals surface area (Å²) in [5.41, 5.74) is 0. The Bertz CT molecular complexity index is 333. The Morgan fingerprint density at radius 3 is 2.36 bits per heavy atom. The second-order valence-electron chi connectivity index (χ2n) is 8.66. The van der Waals surface area contributed by atoms with Gasteiger partial charge in [-0.3, -0.25) is 0 Å². The SMILES string of the molecule is CCC(CN1CC(C2CCCCC2)C1)C1CCC(C)C(O)C1. The van der Waals surface area contributed by atoms with Gasteiger partial charge in [0.05, 0.1) is 6.10 Å². The summed E-state index contributed by atoms with van der Waals surface area (Å²) in [5.74, 6) is 4.16. The molecule has 0 radical (unpaired) electrons. The van der Waals surface area contributed by atoms with Gasteiger partial charge in [0.25, 0.3) is 0 Å². The maximum absolute atomic E-state index is 10.2. The van der Waals surface area contributed by atoms with Crippen LogP contribution in [-0.2, 0) is 0 Å². The Balaban J connectivity index is 1.42. The van der Waals surface area contributed by atoms with Crippen molar-refractivity contribution >= 4 is 0 Å². The van der Waals surface area contributed by atoms with Crippen LogP contribution in [0.1, 0.15) is 71.6 Å². The molecule has 4 unspecified atom stereocenters. The normalized spacial score (nSPS) is 37.0. The molecule has 0 spiro atoms. The predicted molar refractivity (Wildman–Crippen MR) is 92.8 cm³/mol. The lowest BCUT2D eigenvalue weighted by Crippen LogP contribution is -2.52. The third-order valence-corrected chi connectivity index (χ3v) is 7.18. The minimum atomic E-state index is -0.0424. The molecule has 0 amide bonds. The van der Waals surface area contributed by atoms with Gasteiger partial charge < -0.3 is 10.0 Å². The van der Waals surface area contributed by atoms with Crippen molar-refractivity contribution in [3.8, 4) is 0 Å². The molecular weight excluding hydrogens is 270 g/mol. The van der Waals surface area contributed by atoms with Crippen molar-refractivity contribution in [2.45, 2.75) is 77.7 Å². The molecule has 4 atom stereocenters. The van der Waals surface area contributed by atoms with Gasteiger partial charge in [0.2, 0.25) is 0 Å². The average Bonchev–Trinajstić information content (AvgIpc) is 2.50. The monoisotopic (exact) mass is 307 g/mol. The van der Waals surface area contributed by atoms with E-state index in [2.05, 4.69) is 18.7 Å². The summed E-state index contributed by atoms with van der Waals surface area (Å²) in [6.07, 6.45) is 12.3. The van der Waals surface area contributed by atoms with Crippen LogP contribution in [0.3, 0.4) is 0 Å². The topological polar surface area (TPSA) is 23.5 Å². The highest BCUT2D eigenvalue weighted by Gasteiger charge is 2.37. The van der Waals surface area contributed by atoms with E-state index < -0.39 is 0 Å². The van der Waals surface area contributed by atoms with E-state index >= 15 is 0 Å². The number of likely N-dealkylation sites (tertiary alicyclic amines) is 1. The van der Waals surface area contributed by atoms with Gasteiger partial charge in [0, 0.05) is 19.6 Å². The Kier molecular flexibility index (Phi) is 5.84. The summed E-state index contributed by atoms with van der Waals surface area (Å²) in [6.45, 7) is 8.60. The molecule has 2 aliphatic carbocycles. The Morgan fingerprint density at radius 2 is 1.73 bits per heavy atom. The number of aliphatic hydroxyl groups is 1. The first-order valence-corrected chi connectivity index (χ1v) is 10.1. The van der Waals surface area contributed by atoms with Gasteiger partial charge in [-0.1, -0.05) is 52.4 Å². The van der Waals surface area contributed by atoms with Gasteiger partial charge in [-0.05, 0) is 48.9 Å². The second kappa shape index (κ2) is 7.66. The van der Waals surface area contributed by atoms with E-state index in [1.807, 2.05) is 0 Å². The standard InChI is InChI=1S/C20H37NO/c1-3-16(18-10-9-15(2)20(22)11-18)12-21-13-19(14-21)17-7-5-4-6-8-17/h15-20,22H,3-14H2,1-2H3. The summed E-state index contributed by atoms with van der Waals surface area (Å²) in [6, 6.07) is 0. The first-order valence-electron chi connectivity index (χ1n) is 10.1. The minimum absolute atomic E-state index is 0.0424. The molecule has 2 heteroatoms. The van der Waals surface area contributed by atoms with Crippen LogP contribution >= 0.6 is 0 Å². The molecule has 1 saturated heterocycles. The van der Waals surface area contributed by atoms with Crippen LogP contribution in [0, 0.1) is 29.6 Å². The molecule has 2 saturated carbocycles. The zero-order chi connectivity index (χ0) is 15.5. The van der Waals surface area contributed by atoms with Crippen LogP contribution < -0.4 is 0 Å². The first-order chi connectivity index (χ1) is 10.7. The molecule has 128 valence electrons. The maximum atomic E-state index is 10.2. The second-order valence-corrected chi connectivity index (χ2v) is 8.66. The zero-order valence-corrected chi connectivity index (χ0v) is 14.8. The fourth-order valence-electron chi connectivity index (χ4n) is 5.36. The molecule has 22 heavy (non-hydrogen) atoms. The molecule has 3 rings (SSSR count). The van der Waals surface area contributed by atoms with Crippen molar-refractivity contribution in [1.29, 1.82) is 0 Å². The highest BCUT2D eigenvalue weighted by molar-refractivity contribution is 4.89. The lowest BCUT2D eigenvalue weighted by Gasteiger charge is -2.47. The Morgan fingerprint density at radius 1 is 1.00 bits per heavy atom. The maximum Gasteiger partial charge on any atom is 0.0568 e. The number of aliphatic hydroxyl groups excluding tert-OH is 1. The largest absolute Gasteiger partial charge is 0.393 e. The van der Waals surface area contributed by atoms with Crippen molar-refractivity contribution in [3.63, 3.8) is 0 Å². The molecule has 2 nitrogen and oxygen atoms in total. The lowest BCUT2D eigenvalue weighted by atomic mass is 9.72. The molecule has 3 fully saturated rings. The number of nitrogens with zero attached hydrogens (tertiary/aromatic N) is 1. The molecule has 1 N–H and O–H groups in total. The quantitative estimate of drug-likeness (QED) is 0.817. The van der Waals surface area contributed by atoms with E-state index in [0.29, 0.717) is 5.92 Å². The fraction of sp³-hybridized carbons (Fsp3) is 1.00. The van der Waals surface area contributed by atoms with Gasteiger partial charge in [-0.2, -0.15) is 0 Å². The molecule has 0 bridgehead atoms. The van der Waals surface area contributed by atoms with E-state index in [1.165, 1.54) is 71.0 Å². The van der Waals surface area contributed by atoms with E-state index in [0.717, 1.165) is 30.1 Å². The molecule has 0 aromatic carbocycles. The van der Waals surface area contributed by atoms with Crippen LogP contribution in [0.4, 0.5) is 0 Å². The van der Waals surface area contributed by atoms with Gasteiger partial charge >= 0.3 is 0 Å². The van der Waals surface area contributed by atoms with Crippen molar-refractivity contribution in [2.75, 3.05) is 19.6 Å². The molecule has 0 aromatic heterocycles. The van der Waals surface area contributed by atoms with Crippen molar-refractivity contribution in [2.24, 2.45) is 29.6 Å². The summed E-state index contributed by atoms with van der Waals surface area (Å²) < 4.78 is 0. The predicted octanol–water partition coefficient (Wildman–Crippen LogP) is 4.32. The summed E-state index contributed by atoms with van der Waals surface area (Å²) in [7, 11) is 0. The summed E-state index contributed by atoms with van der Waals surface area (Å²) in [5, 5.41) is 10.2. The van der Waals surface area contributed by atoms with E-state index in [1.54, 1.807) is 0 Å². The fourth-order valence-corrected chi connectivity index (χ4v) is 5.36. The van der Waals surface area contributed by atoms with Crippen LogP contribution in [0.15, 0.2) is 0 Å². The van der Waals surface area contributed by atoms with Crippen LogP contribution in [0.2, 0.25) is 0 Å². The van der Waals surface area contributed by atoms with Crippen molar-refractivity contribution in [3.05, 3.63) is 0 Å². The third-order valence-electron chi connectivity index (χ3n) is 7.18. The summed E-state index contributed by atoms with van der Waals surface area (Å²) >= 11 is 0. The van der Waals surface area contributed by atoms with Crippen LogP contribution in [0.25, 0.3) is 0 Å². The Hall–Kier alpha value is -0.0800. The summed E-state index contributed by atoms with van der Waals surface area (Å²) in [4.78, 5) is 2.72. The van der Waals surface area contributed by atoms with E-state index in [-0.39, 0.29) is 6.10 Å². The van der Waals surface area contributed by atoms with Crippen LogP contribution in [-0.4, -0.2) is 35.7 Å². The molecule has 1 aliphatic heterocycles. The first kappa shape index (κ1) is 16.8. The highest BCUT2D eigenvalue weighted by atomic mass is 16.3. The molecule has 1 heterocycles. The lowest BCUT2D eigenvalue weighted by molar-refractivity contribution is -0.00232. The van der Waals surface area contributed by atoms with E-state index in [4.69, 9.17) is 0 Å². The molecular formula is C20H37NO. The van der Waals surface area contributed by atoms with Crippen molar-refractivity contribution in [1.82, 2.24) is 4.90 Å². The van der Waals surface area contributed by atoms with Gasteiger partial charge in [0.1, 0.15) is 0 Å². The number of hydrogen-bond acceptors (Lipinski definition) is 2. The molecule has 3 aliphatic rings. The molecule has 0 aromatic rings. The third kappa shape index (κ3) is 3.87. The van der Waals surface area contributed by atoms with Gasteiger partial charge in [-0.25, -0.2) is 0 Å². The smallest absolute Gasteiger partial charge is 0.0568 e. The highest BCUT2D eigenvalue weighted by Crippen LogP contribution is 2.38. The van der Waals surface area contributed by atoms with Gasteiger partial charge in [0.15, 0.2) is 0 Å². The van der Waals surface area contributed by atoms with Crippen molar-refractivity contribution < 1.29 is 5.11 Å². The van der Waals surface area contributed by atoms with Gasteiger partial charge in [-0.15, -0.1) is 0 Å². The van der Waals surface area contributed by atoms with E-state index in [9.17, 15) is 5.11 Å². The Labute approximate surface area is 137 Å². The zero-order valence-electron chi connectivity index (χ0n) is 14.8. The average molecular weight is 308 g/mol. The number of hydrogen-bond donors (Lipinski definition) is 1. The van der Waals surface area contributed by atoms with Crippen LogP contribution in [0.5, 0.6) is 0 Å². The minimum Gasteiger partial charge on any atom is -0.393 e. The number of rotatable bonds is 5.